The molecule has 0 amide bonds. The van der Waals surface area contributed by atoms with E-state index in [1.807, 2.05) is 13.0 Å². The highest BCUT2D eigenvalue weighted by molar-refractivity contribution is 5.99. The van der Waals surface area contributed by atoms with Gasteiger partial charge in [-0.1, -0.05) is 6.92 Å². The summed E-state index contributed by atoms with van der Waals surface area (Å²) in [4.78, 5) is 15.9. The number of fused-ring (bicyclic) bond motifs is 1. The molecule has 1 aliphatic carbocycles. The Morgan fingerprint density at radius 2 is 2.23 bits per heavy atom. The number of aryl methyl sites for hydroxylation is 1. The third kappa shape index (κ3) is 1.37. The lowest BCUT2D eigenvalue weighted by atomic mass is 9.85. The maximum atomic E-state index is 11.7. The van der Waals surface area contributed by atoms with Crippen molar-refractivity contribution >= 4 is 5.78 Å². The Hall–Kier alpha value is -1.18. The van der Waals surface area contributed by atoms with Crippen LogP contribution in [0.3, 0.4) is 0 Å². The fourth-order valence-electron chi connectivity index (χ4n) is 1.97. The van der Waals surface area contributed by atoms with E-state index in [1.54, 1.807) is 6.20 Å². The minimum atomic E-state index is 0.263. The molecule has 0 aromatic carbocycles. The second-order valence-corrected chi connectivity index (χ2v) is 3.89. The van der Waals surface area contributed by atoms with Gasteiger partial charge in [0.2, 0.25) is 0 Å². The molecule has 1 unspecified atom stereocenters. The summed E-state index contributed by atoms with van der Waals surface area (Å²) in [5, 5.41) is 0. The van der Waals surface area contributed by atoms with E-state index in [1.165, 1.54) is 0 Å². The van der Waals surface area contributed by atoms with Crippen molar-refractivity contribution in [2.75, 3.05) is 0 Å². The van der Waals surface area contributed by atoms with E-state index in [-0.39, 0.29) is 5.78 Å². The molecule has 1 aromatic rings. The normalized spacial score (nSPS) is 21.4. The van der Waals surface area contributed by atoms with Crippen LogP contribution in [-0.4, -0.2) is 10.8 Å². The molecule has 2 nitrogen and oxygen atoms in total. The van der Waals surface area contributed by atoms with Gasteiger partial charge in [-0.3, -0.25) is 9.78 Å². The van der Waals surface area contributed by atoms with Gasteiger partial charge in [0.15, 0.2) is 5.78 Å². The van der Waals surface area contributed by atoms with Crippen molar-refractivity contribution in [2.24, 2.45) is 5.92 Å². The Morgan fingerprint density at radius 3 is 3.00 bits per heavy atom. The summed E-state index contributed by atoms with van der Waals surface area (Å²) in [5.41, 5.74) is 2.94. The Balaban J connectivity index is 2.55. The van der Waals surface area contributed by atoms with Gasteiger partial charge in [0.25, 0.3) is 0 Å². The van der Waals surface area contributed by atoms with Crippen molar-refractivity contribution in [1.82, 2.24) is 4.98 Å². The fourth-order valence-corrected chi connectivity index (χ4v) is 1.97. The molecule has 2 heteroatoms. The molecule has 0 radical (unpaired) electrons. The van der Waals surface area contributed by atoms with Crippen LogP contribution in [0, 0.1) is 12.8 Å². The average Bonchev–Trinajstić information content (AvgIpc) is 2.02. The number of carbonyl (C=O) groups is 1. The molecule has 68 valence electrons. The topological polar surface area (TPSA) is 30.0 Å². The van der Waals surface area contributed by atoms with Gasteiger partial charge in [-0.15, -0.1) is 0 Å². The van der Waals surface area contributed by atoms with Gasteiger partial charge in [0.1, 0.15) is 0 Å². The zero-order valence-corrected chi connectivity index (χ0v) is 8.00. The van der Waals surface area contributed by atoms with Crippen LogP contribution in [0.15, 0.2) is 12.3 Å². The van der Waals surface area contributed by atoms with Gasteiger partial charge >= 0.3 is 0 Å². The summed E-state index contributed by atoms with van der Waals surface area (Å²) >= 11 is 0. The first kappa shape index (κ1) is 8.42. The largest absolute Gasteiger partial charge is 0.294 e. The zero-order valence-electron chi connectivity index (χ0n) is 8.00. The number of pyridine rings is 1. The molecule has 0 aliphatic heterocycles. The quantitative estimate of drug-likeness (QED) is 0.604. The van der Waals surface area contributed by atoms with Gasteiger partial charge in [-0.2, -0.15) is 0 Å². The van der Waals surface area contributed by atoms with Gasteiger partial charge < -0.3 is 0 Å². The predicted molar refractivity (Wildman–Crippen MR) is 50.8 cm³/mol. The van der Waals surface area contributed by atoms with Crippen molar-refractivity contribution in [3.8, 4) is 0 Å². The first-order chi connectivity index (χ1) is 6.18. The number of ketones is 1. The lowest BCUT2D eigenvalue weighted by Crippen LogP contribution is -2.20. The van der Waals surface area contributed by atoms with Crippen molar-refractivity contribution < 1.29 is 4.79 Å². The Bertz CT molecular complexity index is 357. The zero-order chi connectivity index (χ0) is 9.42. The van der Waals surface area contributed by atoms with E-state index in [0.717, 1.165) is 23.2 Å². The highest BCUT2D eigenvalue weighted by Gasteiger charge is 2.24. The van der Waals surface area contributed by atoms with E-state index in [4.69, 9.17) is 0 Å². The summed E-state index contributed by atoms with van der Waals surface area (Å²) in [6, 6.07) is 1.91. The van der Waals surface area contributed by atoms with Crippen molar-refractivity contribution in [3.63, 3.8) is 0 Å². The molecule has 13 heavy (non-hydrogen) atoms. The van der Waals surface area contributed by atoms with Crippen molar-refractivity contribution in [2.45, 2.75) is 26.7 Å². The molecule has 0 spiro atoms. The number of carbonyl (C=O) groups excluding carboxylic acids is 1. The maximum Gasteiger partial charge on any atom is 0.165 e. The molecule has 0 saturated carbocycles. The SMILES string of the molecule is Cc1ccnc2c1C(=O)CC(C)C2. The minimum Gasteiger partial charge on any atom is -0.294 e. The van der Waals surface area contributed by atoms with Crippen LogP contribution in [0.5, 0.6) is 0 Å². The monoisotopic (exact) mass is 175 g/mol. The van der Waals surface area contributed by atoms with E-state index in [2.05, 4.69) is 11.9 Å². The van der Waals surface area contributed by atoms with Crippen molar-refractivity contribution in [1.29, 1.82) is 0 Å². The number of aromatic nitrogens is 1. The molecule has 0 fully saturated rings. The van der Waals surface area contributed by atoms with Crippen LogP contribution in [0.1, 0.15) is 35.0 Å². The standard InChI is InChI=1S/C11H13NO/c1-7-5-9-11(10(13)6-7)8(2)3-4-12-9/h3-4,7H,5-6H2,1-2H3. The predicted octanol–water partition coefficient (Wildman–Crippen LogP) is 2.16. The number of hydrogen-bond donors (Lipinski definition) is 0. The summed E-state index contributed by atoms with van der Waals surface area (Å²) in [7, 11) is 0. The molecule has 1 atom stereocenters. The Kier molecular flexibility index (Phi) is 1.91. The molecule has 0 saturated heterocycles. The number of nitrogens with zero attached hydrogens (tertiary/aromatic N) is 1. The lowest BCUT2D eigenvalue weighted by Gasteiger charge is -2.20. The molecular weight excluding hydrogens is 162 g/mol. The van der Waals surface area contributed by atoms with Crippen molar-refractivity contribution in [3.05, 3.63) is 29.1 Å². The van der Waals surface area contributed by atoms with Gasteiger partial charge in [-0.05, 0) is 30.9 Å². The molecule has 1 aliphatic rings. The maximum absolute atomic E-state index is 11.7. The van der Waals surface area contributed by atoms with Crippen LogP contribution in [-0.2, 0) is 6.42 Å². The third-order valence-electron chi connectivity index (χ3n) is 2.59. The molecule has 2 rings (SSSR count). The number of hydrogen-bond acceptors (Lipinski definition) is 2. The summed E-state index contributed by atoms with van der Waals surface area (Å²) in [6.07, 6.45) is 3.42. The molecule has 0 N–H and O–H groups in total. The van der Waals surface area contributed by atoms with E-state index < -0.39 is 0 Å². The average molecular weight is 175 g/mol. The van der Waals surface area contributed by atoms with Crippen LogP contribution in [0.25, 0.3) is 0 Å². The lowest BCUT2D eigenvalue weighted by molar-refractivity contribution is 0.0951. The Morgan fingerprint density at radius 1 is 1.46 bits per heavy atom. The molecular formula is C11H13NO. The first-order valence-corrected chi connectivity index (χ1v) is 4.66. The van der Waals surface area contributed by atoms with E-state index in [9.17, 15) is 4.79 Å². The highest BCUT2D eigenvalue weighted by Crippen LogP contribution is 2.25. The number of rotatable bonds is 0. The van der Waals surface area contributed by atoms with Gasteiger partial charge in [0.05, 0.1) is 5.69 Å². The van der Waals surface area contributed by atoms with E-state index >= 15 is 0 Å². The molecule has 1 aromatic heterocycles. The minimum absolute atomic E-state index is 0.263. The van der Waals surface area contributed by atoms with Crippen LogP contribution < -0.4 is 0 Å². The second kappa shape index (κ2) is 2.95. The fraction of sp³-hybridized carbons (Fsp3) is 0.455. The highest BCUT2D eigenvalue weighted by atomic mass is 16.1. The molecule has 1 heterocycles. The Labute approximate surface area is 78.0 Å². The smallest absolute Gasteiger partial charge is 0.165 e. The summed E-state index contributed by atoms with van der Waals surface area (Å²) in [6.45, 7) is 4.08. The van der Waals surface area contributed by atoms with E-state index in [0.29, 0.717) is 12.3 Å². The summed E-state index contributed by atoms with van der Waals surface area (Å²) < 4.78 is 0. The number of Topliss-reactive ketones (excluding diaryl/α,β-unsaturated/α-hetero) is 1. The molecule has 0 bridgehead atoms. The third-order valence-corrected chi connectivity index (χ3v) is 2.59. The van der Waals surface area contributed by atoms with Gasteiger partial charge in [-0.25, -0.2) is 0 Å². The van der Waals surface area contributed by atoms with Crippen LogP contribution in [0.2, 0.25) is 0 Å². The first-order valence-electron chi connectivity index (χ1n) is 4.66. The second-order valence-electron chi connectivity index (χ2n) is 3.89. The van der Waals surface area contributed by atoms with Gasteiger partial charge in [0, 0.05) is 18.2 Å². The van der Waals surface area contributed by atoms with Crippen LogP contribution >= 0.6 is 0 Å². The van der Waals surface area contributed by atoms with Crippen LogP contribution in [0.4, 0.5) is 0 Å². The summed E-state index contributed by atoms with van der Waals surface area (Å²) in [5.74, 6) is 0.716.